The Kier molecular flexibility index (Phi) is 7.28. The predicted molar refractivity (Wildman–Crippen MR) is 99.5 cm³/mol. The third-order valence-electron chi connectivity index (χ3n) is 3.33. The number of halogens is 2. The van der Waals surface area contributed by atoms with Crippen LogP contribution in [0, 0.1) is 5.82 Å². The maximum Gasteiger partial charge on any atom is 0.243 e. The van der Waals surface area contributed by atoms with Crippen LogP contribution in [0.1, 0.15) is 6.42 Å². The van der Waals surface area contributed by atoms with Crippen LogP contribution in [0.5, 0.6) is 0 Å². The van der Waals surface area contributed by atoms with Crippen LogP contribution in [0.25, 0.3) is 0 Å². The highest BCUT2D eigenvalue weighted by Crippen LogP contribution is 2.21. The maximum atomic E-state index is 12.8. The van der Waals surface area contributed by atoms with Crippen molar-refractivity contribution in [3.05, 3.63) is 59.4 Å². The molecule has 2 aromatic rings. The van der Waals surface area contributed by atoms with E-state index in [1.165, 1.54) is 29.2 Å². The van der Waals surface area contributed by atoms with Crippen molar-refractivity contribution in [3.8, 4) is 0 Å². The molecule has 0 saturated carbocycles. The number of benzene rings is 2. The highest BCUT2D eigenvalue weighted by atomic mass is 35.5. The van der Waals surface area contributed by atoms with Crippen LogP contribution in [-0.2, 0) is 9.59 Å². The summed E-state index contributed by atoms with van der Waals surface area (Å²) in [6.07, 6.45) is 0.327. The third kappa shape index (κ3) is 6.76. The van der Waals surface area contributed by atoms with Gasteiger partial charge in [-0.05, 0) is 48.5 Å². The van der Waals surface area contributed by atoms with Gasteiger partial charge in [-0.1, -0.05) is 11.6 Å². The van der Waals surface area contributed by atoms with Crippen molar-refractivity contribution in [2.24, 2.45) is 0 Å². The second-order valence-electron chi connectivity index (χ2n) is 5.36. The number of nitrogens with zero attached hydrogens (tertiary/aromatic N) is 1. The average Bonchev–Trinajstić information content (AvgIpc) is 2.58. The minimum absolute atomic E-state index is 0.0537. The van der Waals surface area contributed by atoms with Gasteiger partial charge in [0.2, 0.25) is 11.8 Å². The van der Waals surface area contributed by atoms with Crippen molar-refractivity contribution in [1.29, 1.82) is 0 Å². The Hall–Kier alpha value is -2.05. The lowest BCUT2D eigenvalue weighted by Gasteiger charge is -2.16. The van der Waals surface area contributed by atoms with Crippen LogP contribution in [0.3, 0.4) is 0 Å². The zero-order valence-electron chi connectivity index (χ0n) is 13.7. The Bertz CT molecular complexity index is 723. The molecule has 0 fully saturated rings. The summed E-state index contributed by atoms with van der Waals surface area (Å²) in [5.74, 6) is -0.197. The molecule has 0 aromatic heterocycles. The number of hydrogen-bond donors (Lipinski definition) is 1. The molecular formula is C18H18ClFN2O2S. The predicted octanol–water partition coefficient (Wildman–Crippen LogP) is 4.06. The highest BCUT2D eigenvalue weighted by Gasteiger charge is 2.13. The average molecular weight is 381 g/mol. The second kappa shape index (κ2) is 9.44. The first-order valence-corrected chi connectivity index (χ1v) is 8.98. The van der Waals surface area contributed by atoms with Crippen LogP contribution >= 0.6 is 23.4 Å². The summed E-state index contributed by atoms with van der Waals surface area (Å²) in [4.78, 5) is 26.4. The molecule has 0 aliphatic carbocycles. The van der Waals surface area contributed by atoms with Crippen LogP contribution in [0.15, 0.2) is 53.4 Å². The van der Waals surface area contributed by atoms with Crippen molar-refractivity contribution in [2.45, 2.75) is 11.3 Å². The molecule has 2 aromatic carbocycles. The van der Waals surface area contributed by atoms with Gasteiger partial charge >= 0.3 is 0 Å². The van der Waals surface area contributed by atoms with E-state index in [0.29, 0.717) is 22.9 Å². The summed E-state index contributed by atoms with van der Waals surface area (Å²) < 4.78 is 12.8. The molecule has 0 unspecified atom stereocenters. The van der Waals surface area contributed by atoms with E-state index < -0.39 is 0 Å². The van der Waals surface area contributed by atoms with Gasteiger partial charge in [0.1, 0.15) is 5.82 Å². The zero-order chi connectivity index (χ0) is 18.2. The molecule has 0 spiro atoms. The first-order valence-electron chi connectivity index (χ1n) is 7.62. The summed E-state index contributed by atoms with van der Waals surface area (Å²) >= 11 is 7.38. The molecule has 1 N–H and O–H groups in total. The van der Waals surface area contributed by atoms with E-state index in [4.69, 9.17) is 11.6 Å². The number of thioether (sulfide) groups is 1. The number of rotatable bonds is 7. The van der Waals surface area contributed by atoms with Crippen LogP contribution < -0.4 is 5.32 Å². The number of anilines is 1. The van der Waals surface area contributed by atoms with Crippen molar-refractivity contribution in [2.75, 3.05) is 24.7 Å². The SMILES string of the molecule is CN(CC(=O)Nc1ccc(F)cc1)C(=O)CCSc1ccc(Cl)cc1. The van der Waals surface area contributed by atoms with Gasteiger partial charge in [-0.15, -0.1) is 11.8 Å². The fraction of sp³-hybridized carbons (Fsp3) is 0.222. The van der Waals surface area contributed by atoms with E-state index in [-0.39, 0.29) is 24.2 Å². The van der Waals surface area contributed by atoms with Gasteiger partial charge in [-0.2, -0.15) is 0 Å². The first-order chi connectivity index (χ1) is 11.9. The summed E-state index contributed by atoms with van der Waals surface area (Å²) in [6, 6.07) is 12.9. The fourth-order valence-corrected chi connectivity index (χ4v) is 2.98. The Labute approximate surface area is 155 Å². The number of likely N-dealkylation sites (N-methyl/N-ethyl adjacent to an activating group) is 1. The number of hydrogen-bond acceptors (Lipinski definition) is 3. The van der Waals surface area contributed by atoms with E-state index in [2.05, 4.69) is 5.32 Å². The number of amides is 2. The Morgan fingerprint density at radius 2 is 1.76 bits per heavy atom. The van der Waals surface area contributed by atoms with Gasteiger partial charge in [0.25, 0.3) is 0 Å². The largest absolute Gasteiger partial charge is 0.336 e. The molecule has 0 saturated heterocycles. The molecule has 0 aliphatic heterocycles. The number of nitrogens with one attached hydrogen (secondary N) is 1. The minimum Gasteiger partial charge on any atom is -0.336 e. The third-order valence-corrected chi connectivity index (χ3v) is 4.60. The smallest absolute Gasteiger partial charge is 0.243 e. The topological polar surface area (TPSA) is 49.4 Å². The molecule has 2 rings (SSSR count). The van der Waals surface area contributed by atoms with E-state index in [9.17, 15) is 14.0 Å². The zero-order valence-corrected chi connectivity index (χ0v) is 15.2. The lowest BCUT2D eigenvalue weighted by atomic mass is 10.3. The van der Waals surface area contributed by atoms with E-state index in [1.807, 2.05) is 12.1 Å². The molecule has 2 amide bonds. The molecule has 0 bridgehead atoms. The number of carbonyl (C=O) groups is 2. The highest BCUT2D eigenvalue weighted by molar-refractivity contribution is 7.99. The fourth-order valence-electron chi connectivity index (χ4n) is 2.02. The van der Waals surface area contributed by atoms with Gasteiger partial charge in [0.05, 0.1) is 6.54 Å². The minimum atomic E-state index is -0.372. The van der Waals surface area contributed by atoms with Crippen molar-refractivity contribution in [3.63, 3.8) is 0 Å². The second-order valence-corrected chi connectivity index (χ2v) is 6.96. The molecular weight excluding hydrogens is 363 g/mol. The quantitative estimate of drug-likeness (QED) is 0.737. The Morgan fingerprint density at radius 1 is 1.12 bits per heavy atom. The monoisotopic (exact) mass is 380 g/mol. The maximum absolute atomic E-state index is 12.8. The van der Waals surface area contributed by atoms with Gasteiger partial charge < -0.3 is 10.2 Å². The Morgan fingerprint density at radius 3 is 2.40 bits per heavy atom. The van der Waals surface area contributed by atoms with Gasteiger partial charge in [-0.25, -0.2) is 4.39 Å². The molecule has 0 radical (unpaired) electrons. The molecule has 4 nitrogen and oxygen atoms in total. The van der Waals surface area contributed by atoms with Crippen LogP contribution in [0.4, 0.5) is 10.1 Å². The summed E-state index contributed by atoms with van der Waals surface area (Å²) in [5.41, 5.74) is 0.491. The van der Waals surface area contributed by atoms with Crippen LogP contribution in [-0.4, -0.2) is 36.1 Å². The lowest BCUT2D eigenvalue weighted by molar-refractivity contribution is -0.132. The summed E-state index contributed by atoms with van der Waals surface area (Å²) in [6.45, 7) is -0.0537. The molecule has 0 heterocycles. The van der Waals surface area contributed by atoms with Gasteiger partial charge in [0.15, 0.2) is 0 Å². The van der Waals surface area contributed by atoms with Crippen LogP contribution in [0.2, 0.25) is 5.02 Å². The lowest BCUT2D eigenvalue weighted by Crippen LogP contribution is -2.35. The molecule has 0 atom stereocenters. The van der Waals surface area contributed by atoms with E-state index in [0.717, 1.165) is 4.90 Å². The van der Waals surface area contributed by atoms with Gasteiger partial charge in [-0.3, -0.25) is 9.59 Å². The standard InChI is InChI=1S/C18H18ClFN2O2S/c1-22(12-17(23)21-15-6-4-14(20)5-7-15)18(24)10-11-25-16-8-2-13(19)3-9-16/h2-9H,10-12H2,1H3,(H,21,23). The van der Waals surface area contributed by atoms with Crippen molar-refractivity contribution < 1.29 is 14.0 Å². The van der Waals surface area contributed by atoms with E-state index in [1.54, 1.807) is 30.9 Å². The summed E-state index contributed by atoms with van der Waals surface area (Å²) in [5, 5.41) is 3.30. The van der Waals surface area contributed by atoms with E-state index >= 15 is 0 Å². The molecule has 132 valence electrons. The first kappa shape index (κ1) is 19.3. The molecule has 25 heavy (non-hydrogen) atoms. The molecule has 0 aliphatic rings. The van der Waals surface area contributed by atoms with Gasteiger partial charge in [0, 0.05) is 34.8 Å². The van der Waals surface area contributed by atoms with Crippen molar-refractivity contribution >= 4 is 40.9 Å². The van der Waals surface area contributed by atoms with Crippen molar-refractivity contribution in [1.82, 2.24) is 4.90 Å². The molecule has 7 heteroatoms. The summed E-state index contributed by atoms with van der Waals surface area (Å²) in [7, 11) is 1.58. The number of carbonyl (C=O) groups excluding carboxylic acids is 2. The Balaban J connectivity index is 1.72. The normalized spacial score (nSPS) is 10.4.